The predicted molar refractivity (Wildman–Crippen MR) is 104 cm³/mol. The van der Waals surface area contributed by atoms with Gasteiger partial charge in [-0.1, -0.05) is 53.5 Å². The van der Waals surface area contributed by atoms with Gasteiger partial charge in [-0.25, -0.2) is 4.79 Å². The molecule has 0 unspecified atom stereocenters. The van der Waals surface area contributed by atoms with E-state index in [1.165, 1.54) is 0 Å². The van der Waals surface area contributed by atoms with Crippen molar-refractivity contribution in [2.75, 3.05) is 0 Å². The number of carboxylic acid groups (broad SMARTS) is 1. The van der Waals surface area contributed by atoms with Gasteiger partial charge in [0.2, 0.25) is 0 Å². The van der Waals surface area contributed by atoms with Gasteiger partial charge < -0.3 is 14.6 Å². The summed E-state index contributed by atoms with van der Waals surface area (Å²) in [6, 6.07) is 10.4. The quantitative estimate of drug-likeness (QED) is 0.598. The molecule has 0 atom stereocenters. The van der Waals surface area contributed by atoms with Gasteiger partial charge in [-0.2, -0.15) is 0 Å². The van der Waals surface area contributed by atoms with Gasteiger partial charge in [0.1, 0.15) is 12.4 Å². The van der Waals surface area contributed by atoms with Crippen LogP contribution in [0.5, 0.6) is 11.5 Å². The summed E-state index contributed by atoms with van der Waals surface area (Å²) in [7, 11) is 0. The minimum atomic E-state index is -0.985. The summed E-state index contributed by atoms with van der Waals surface area (Å²) in [6.45, 7) is 5.64. The highest BCUT2D eigenvalue weighted by atomic mass is 35.5. The SMILES string of the molecule is C/C=C(/C(=O)O)c1ccccc1COc1cc(Cl)c(OC(C)C)c(Cl)c1. The number of rotatable bonds is 7. The fraction of sp³-hybridized carbons (Fsp3) is 0.250. The molecule has 0 aromatic heterocycles. The number of halogens is 2. The Kier molecular flexibility index (Phi) is 6.95. The van der Waals surface area contributed by atoms with Crippen molar-refractivity contribution >= 4 is 34.7 Å². The summed E-state index contributed by atoms with van der Waals surface area (Å²) >= 11 is 12.5. The summed E-state index contributed by atoms with van der Waals surface area (Å²) < 4.78 is 11.4. The fourth-order valence-corrected chi connectivity index (χ4v) is 2.99. The molecule has 0 saturated heterocycles. The minimum Gasteiger partial charge on any atom is -0.489 e. The molecule has 0 radical (unpaired) electrons. The van der Waals surface area contributed by atoms with E-state index in [4.69, 9.17) is 32.7 Å². The maximum Gasteiger partial charge on any atom is 0.335 e. The zero-order valence-corrected chi connectivity index (χ0v) is 16.3. The number of hydrogen-bond donors (Lipinski definition) is 1. The van der Waals surface area contributed by atoms with Gasteiger partial charge in [-0.15, -0.1) is 0 Å². The summed E-state index contributed by atoms with van der Waals surface area (Å²) in [4.78, 5) is 11.4. The van der Waals surface area contributed by atoms with E-state index in [9.17, 15) is 9.90 Å². The van der Waals surface area contributed by atoms with Crippen LogP contribution in [0.3, 0.4) is 0 Å². The Morgan fingerprint density at radius 2 is 1.81 bits per heavy atom. The highest BCUT2D eigenvalue weighted by Crippen LogP contribution is 2.37. The van der Waals surface area contributed by atoms with Crippen LogP contribution in [0.1, 0.15) is 31.9 Å². The Morgan fingerprint density at radius 1 is 1.19 bits per heavy atom. The maximum atomic E-state index is 11.4. The van der Waals surface area contributed by atoms with Crippen molar-refractivity contribution in [1.82, 2.24) is 0 Å². The van der Waals surface area contributed by atoms with Gasteiger partial charge in [0, 0.05) is 12.1 Å². The topological polar surface area (TPSA) is 55.8 Å². The number of benzene rings is 2. The monoisotopic (exact) mass is 394 g/mol. The van der Waals surface area contributed by atoms with E-state index in [-0.39, 0.29) is 18.3 Å². The van der Waals surface area contributed by atoms with Crippen LogP contribution in [0.25, 0.3) is 5.57 Å². The van der Waals surface area contributed by atoms with E-state index in [2.05, 4.69) is 0 Å². The summed E-state index contributed by atoms with van der Waals surface area (Å²) in [6.07, 6.45) is 1.51. The molecule has 2 aromatic carbocycles. The van der Waals surface area contributed by atoms with Crippen LogP contribution >= 0.6 is 23.2 Å². The first kappa shape index (κ1) is 20.1. The number of carbonyl (C=O) groups is 1. The van der Waals surface area contributed by atoms with Crippen LogP contribution in [-0.4, -0.2) is 17.2 Å². The lowest BCUT2D eigenvalue weighted by Crippen LogP contribution is -2.07. The second kappa shape index (κ2) is 8.97. The fourth-order valence-electron chi connectivity index (χ4n) is 2.43. The second-order valence-corrected chi connectivity index (χ2v) is 6.65. The van der Waals surface area contributed by atoms with E-state index < -0.39 is 5.97 Å². The molecule has 0 aliphatic carbocycles. The van der Waals surface area contributed by atoms with Crippen LogP contribution in [0, 0.1) is 0 Å². The van der Waals surface area contributed by atoms with Crippen molar-refractivity contribution in [3.05, 3.63) is 63.6 Å². The van der Waals surface area contributed by atoms with Crippen molar-refractivity contribution < 1.29 is 19.4 Å². The smallest absolute Gasteiger partial charge is 0.335 e. The summed E-state index contributed by atoms with van der Waals surface area (Å²) in [5, 5.41) is 10.1. The zero-order valence-electron chi connectivity index (χ0n) is 14.8. The van der Waals surface area contributed by atoms with Crippen molar-refractivity contribution in [2.24, 2.45) is 0 Å². The Hall–Kier alpha value is -2.17. The van der Waals surface area contributed by atoms with Crippen LogP contribution in [-0.2, 0) is 11.4 Å². The molecule has 2 rings (SSSR count). The van der Waals surface area contributed by atoms with Crippen molar-refractivity contribution in [3.63, 3.8) is 0 Å². The third kappa shape index (κ3) is 4.93. The van der Waals surface area contributed by atoms with Gasteiger partial charge in [-0.05, 0) is 31.9 Å². The highest BCUT2D eigenvalue weighted by Gasteiger charge is 2.15. The number of carboxylic acids is 1. The van der Waals surface area contributed by atoms with Gasteiger partial charge >= 0.3 is 5.97 Å². The molecule has 0 amide bonds. The molecular weight excluding hydrogens is 375 g/mol. The third-order valence-electron chi connectivity index (χ3n) is 3.55. The molecule has 4 nitrogen and oxygen atoms in total. The van der Waals surface area contributed by atoms with E-state index in [0.29, 0.717) is 27.1 Å². The van der Waals surface area contributed by atoms with E-state index >= 15 is 0 Å². The van der Waals surface area contributed by atoms with Crippen LogP contribution in [0.4, 0.5) is 0 Å². The number of ether oxygens (including phenoxy) is 2. The molecule has 2 aromatic rings. The van der Waals surface area contributed by atoms with E-state index in [0.717, 1.165) is 5.56 Å². The molecule has 0 aliphatic heterocycles. The molecule has 6 heteroatoms. The molecule has 1 N–H and O–H groups in total. The van der Waals surface area contributed by atoms with Crippen LogP contribution < -0.4 is 9.47 Å². The normalized spacial score (nSPS) is 11.5. The molecule has 0 fully saturated rings. The average molecular weight is 395 g/mol. The lowest BCUT2D eigenvalue weighted by molar-refractivity contribution is -0.130. The molecule has 138 valence electrons. The van der Waals surface area contributed by atoms with Crippen molar-refractivity contribution in [1.29, 1.82) is 0 Å². The van der Waals surface area contributed by atoms with E-state index in [1.807, 2.05) is 26.0 Å². The first-order chi connectivity index (χ1) is 12.3. The van der Waals surface area contributed by atoms with Crippen LogP contribution in [0.15, 0.2) is 42.5 Å². The highest BCUT2D eigenvalue weighted by molar-refractivity contribution is 6.37. The Balaban J connectivity index is 2.24. The zero-order chi connectivity index (χ0) is 19.3. The van der Waals surface area contributed by atoms with E-state index in [1.54, 1.807) is 37.3 Å². The maximum absolute atomic E-state index is 11.4. The Morgan fingerprint density at radius 3 is 2.35 bits per heavy atom. The lowest BCUT2D eigenvalue weighted by atomic mass is 10.00. The Labute approximate surface area is 163 Å². The van der Waals surface area contributed by atoms with Crippen molar-refractivity contribution in [2.45, 2.75) is 33.5 Å². The van der Waals surface area contributed by atoms with Gasteiger partial charge in [0.05, 0.1) is 21.7 Å². The molecular formula is C20H20Cl2O4. The number of aliphatic carboxylic acids is 1. The number of hydrogen-bond acceptors (Lipinski definition) is 3. The molecule has 0 spiro atoms. The second-order valence-electron chi connectivity index (χ2n) is 5.84. The molecule has 0 bridgehead atoms. The average Bonchev–Trinajstić information content (AvgIpc) is 2.57. The predicted octanol–water partition coefficient (Wildman–Crippen LogP) is 5.85. The molecule has 26 heavy (non-hydrogen) atoms. The lowest BCUT2D eigenvalue weighted by Gasteiger charge is -2.15. The molecule has 0 heterocycles. The minimum absolute atomic E-state index is 0.0566. The van der Waals surface area contributed by atoms with Gasteiger partial charge in [-0.3, -0.25) is 0 Å². The third-order valence-corrected chi connectivity index (χ3v) is 4.11. The largest absolute Gasteiger partial charge is 0.489 e. The first-order valence-electron chi connectivity index (χ1n) is 8.09. The number of allylic oxidation sites excluding steroid dienone is 1. The van der Waals surface area contributed by atoms with Gasteiger partial charge in [0.25, 0.3) is 0 Å². The summed E-state index contributed by atoms with van der Waals surface area (Å²) in [5.74, 6) is -0.0948. The molecule has 0 aliphatic rings. The van der Waals surface area contributed by atoms with Gasteiger partial charge in [0.15, 0.2) is 5.75 Å². The van der Waals surface area contributed by atoms with Crippen LogP contribution in [0.2, 0.25) is 10.0 Å². The Bertz CT molecular complexity index is 805. The van der Waals surface area contributed by atoms with Crippen molar-refractivity contribution in [3.8, 4) is 11.5 Å². The summed E-state index contributed by atoms with van der Waals surface area (Å²) in [5.41, 5.74) is 1.58. The molecule has 0 saturated carbocycles. The standard InChI is InChI=1S/C20H20Cl2O4/c1-4-15(20(23)24)16-8-6-5-7-13(16)11-25-14-9-17(21)19(18(22)10-14)26-12(2)3/h4-10,12H,11H2,1-3H3,(H,23,24)/b15-4+. The first-order valence-corrected chi connectivity index (χ1v) is 8.85.